The summed E-state index contributed by atoms with van der Waals surface area (Å²) in [5, 5.41) is 2.74. The fourth-order valence-corrected chi connectivity index (χ4v) is 3.95. The van der Waals surface area contributed by atoms with E-state index in [1.165, 1.54) is 16.4 Å². The summed E-state index contributed by atoms with van der Waals surface area (Å²) in [6.45, 7) is 5.90. The van der Waals surface area contributed by atoms with Gasteiger partial charge < -0.3 is 10.1 Å². The molecule has 1 N–H and O–H groups in total. The molecule has 146 valence electrons. The van der Waals surface area contributed by atoms with Crippen LogP contribution in [0.3, 0.4) is 0 Å². The van der Waals surface area contributed by atoms with E-state index in [9.17, 15) is 13.2 Å². The fourth-order valence-electron chi connectivity index (χ4n) is 2.56. The normalized spacial score (nSPS) is 11.6. The Balaban J connectivity index is 2.30. The summed E-state index contributed by atoms with van der Waals surface area (Å²) in [4.78, 5) is 12.4. The van der Waals surface area contributed by atoms with Gasteiger partial charge in [-0.15, -0.1) is 0 Å². The molecule has 0 heterocycles. The minimum Gasteiger partial charge on any atom is -0.494 e. The molecule has 27 heavy (non-hydrogen) atoms. The van der Waals surface area contributed by atoms with E-state index in [2.05, 4.69) is 5.32 Å². The molecule has 0 aliphatic carbocycles. The molecule has 0 atom stereocenters. The van der Waals surface area contributed by atoms with Crippen LogP contribution in [0.25, 0.3) is 0 Å². The maximum Gasteiger partial charge on any atom is 0.243 e. The summed E-state index contributed by atoms with van der Waals surface area (Å²) in [5.41, 5.74) is 0.810. The number of hydrogen-bond donors (Lipinski definition) is 1. The van der Waals surface area contributed by atoms with Gasteiger partial charge in [-0.3, -0.25) is 4.79 Å². The second-order valence-corrected chi connectivity index (χ2v) is 8.32. The van der Waals surface area contributed by atoms with Gasteiger partial charge in [0.15, 0.2) is 0 Å². The number of amides is 1. The Labute approximate surface area is 161 Å². The van der Waals surface area contributed by atoms with Gasteiger partial charge in [0.1, 0.15) is 5.75 Å². The Morgan fingerprint density at radius 2 is 1.70 bits per heavy atom. The van der Waals surface area contributed by atoms with E-state index in [-0.39, 0.29) is 29.9 Å². The molecule has 0 bridgehead atoms. The molecule has 0 spiro atoms. The molecule has 7 heteroatoms. The van der Waals surface area contributed by atoms with Gasteiger partial charge in [-0.2, -0.15) is 4.31 Å². The summed E-state index contributed by atoms with van der Waals surface area (Å²) >= 11 is 0. The predicted molar refractivity (Wildman–Crippen MR) is 105 cm³/mol. The van der Waals surface area contributed by atoms with Crippen LogP contribution in [0.5, 0.6) is 5.75 Å². The zero-order valence-electron chi connectivity index (χ0n) is 15.9. The van der Waals surface area contributed by atoms with E-state index in [1.807, 2.05) is 51.1 Å². The topological polar surface area (TPSA) is 75.7 Å². The summed E-state index contributed by atoms with van der Waals surface area (Å²) < 4.78 is 32.8. The van der Waals surface area contributed by atoms with E-state index in [0.717, 1.165) is 5.56 Å². The Morgan fingerprint density at radius 3 is 2.26 bits per heavy atom. The largest absolute Gasteiger partial charge is 0.494 e. The SMILES string of the molecule is CCOc1ccc(S(=O)(=O)N(CC(=O)NC(C)C)Cc2ccccc2)cc1. The number of carbonyl (C=O) groups is 1. The highest BCUT2D eigenvalue weighted by Gasteiger charge is 2.27. The van der Waals surface area contributed by atoms with Crippen LogP contribution in [0.15, 0.2) is 59.5 Å². The van der Waals surface area contributed by atoms with Crippen LogP contribution < -0.4 is 10.1 Å². The third-order valence-corrected chi connectivity index (χ3v) is 5.55. The van der Waals surface area contributed by atoms with Gasteiger partial charge in [-0.1, -0.05) is 30.3 Å². The van der Waals surface area contributed by atoms with Crippen molar-refractivity contribution in [2.24, 2.45) is 0 Å². The smallest absolute Gasteiger partial charge is 0.243 e. The number of hydrogen-bond acceptors (Lipinski definition) is 4. The predicted octanol–water partition coefficient (Wildman–Crippen LogP) is 2.80. The summed E-state index contributed by atoms with van der Waals surface area (Å²) in [5.74, 6) is 0.263. The van der Waals surface area contributed by atoms with Gasteiger partial charge in [-0.05, 0) is 50.6 Å². The van der Waals surface area contributed by atoms with Crippen molar-refractivity contribution in [1.82, 2.24) is 9.62 Å². The molecule has 0 aromatic heterocycles. The van der Waals surface area contributed by atoms with Gasteiger partial charge in [-0.25, -0.2) is 8.42 Å². The van der Waals surface area contributed by atoms with Crippen molar-refractivity contribution >= 4 is 15.9 Å². The highest BCUT2D eigenvalue weighted by atomic mass is 32.2. The molecule has 0 fully saturated rings. The van der Waals surface area contributed by atoms with E-state index < -0.39 is 10.0 Å². The molecule has 0 aliphatic heterocycles. The maximum absolute atomic E-state index is 13.1. The van der Waals surface area contributed by atoms with Crippen LogP contribution in [0.2, 0.25) is 0 Å². The van der Waals surface area contributed by atoms with Crippen LogP contribution in [-0.4, -0.2) is 37.8 Å². The summed E-state index contributed by atoms with van der Waals surface area (Å²) in [7, 11) is -3.84. The van der Waals surface area contributed by atoms with Crippen molar-refractivity contribution in [2.75, 3.05) is 13.2 Å². The molecular formula is C20H26N2O4S. The average Bonchev–Trinajstić information content (AvgIpc) is 2.62. The minimum absolute atomic E-state index is 0.0655. The fraction of sp³-hybridized carbons (Fsp3) is 0.350. The molecule has 6 nitrogen and oxygen atoms in total. The van der Waals surface area contributed by atoms with Gasteiger partial charge in [0, 0.05) is 12.6 Å². The molecular weight excluding hydrogens is 364 g/mol. The summed E-state index contributed by atoms with van der Waals surface area (Å²) in [6.07, 6.45) is 0. The Kier molecular flexibility index (Phi) is 7.38. The number of carbonyl (C=O) groups excluding carboxylic acids is 1. The lowest BCUT2D eigenvalue weighted by atomic mass is 10.2. The zero-order chi connectivity index (χ0) is 19.9. The van der Waals surface area contributed by atoms with Gasteiger partial charge in [0.05, 0.1) is 18.0 Å². The van der Waals surface area contributed by atoms with E-state index in [0.29, 0.717) is 12.4 Å². The molecule has 2 aromatic rings. The standard InChI is InChI=1S/C20H26N2O4S/c1-4-26-18-10-12-19(13-11-18)27(24,25)22(15-20(23)21-16(2)3)14-17-8-6-5-7-9-17/h5-13,16H,4,14-15H2,1-3H3,(H,21,23). The molecule has 0 radical (unpaired) electrons. The number of nitrogens with one attached hydrogen (secondary N) is 1. The van der Waals surface area contributed by atoms with Crippen molar-refractivity contribution < 1.29 is 17.9 Å². The third kappa shape index (κ3) is 6.08. The van der Waals surface area contributed by atoms with Crippen molar-refractivity contribution in [1.29, 1.82) is 0 Å². The number of rotatable bonds is 9. The monoisotopic (exact) mass is 390 g/mol. The highest BCUT2D eigenvalue weighted by molar-refractivity contribution is 7.89. The van der Waals surface area contributed by atoms with Crippen LogP contribution in [0.1, 0.15) is 26.3 Å². The first-order valence-electron chi connectivity index (χ1n) is 8.89. The zero-order valence-corrected chi connectivity index (χ0v) is 16.7. The Hall–Kier alpha value is -2.38. The van der Waals surface area contributed by atoms with Gasteiger partial charge in [0.25, 0.3) is 0 Å². The second-order valence-electron chi connectivity index (χ2n) is 6.39. The molecule has 0 saturated heterocycles. The molecule has 0 aliphatic rings. The van der Waals surface area contributed by atoms with Crippen molar-refractivity contribution in [3.8, 4) is 5.75 Å². The van der Waals surface area contributed by atoms with Crippen LogP contribution in [-0.2, 0) is 21.4 Å². The Morgan fingerprint density at radius 1 is 1.07 bits per heavy atom. The van der Waals surface area contributed by atoms with E-state index in [4.69, 9.17) is 4.74 Å². The van der Waals surface area contributed by atoms with Crippen molar-refractivity contribution in [3.05, 3.63) is 60.2 Å². The van der Waals surface area contributed by atoms with Gasteiger partial charge >= 0.3 is 0 Å². The second kappa shape index (κ2) is 9.53. The number of benzene rings is 2. The van der Waals surface area contributed by atoms with Gasteiger partial charge in [0.2, 0.25) is 15.9 Å². The minimum atomic E-state index is -3.84. The summed E-state index contributed by atoms with van der Waals surface area (Å²) in [6, 6.07) is 15.4. The molecule has 0 saturated carbocycles. The van der Waals surface area contributed by atoms with Crippen molar-refractivity contribution in [2.45, 2.75) is 38.3 Å². The Bertz CT molecular complexity index is 834. The average molecular weight is 391 g/mol. The first-order valence-corrected chi connectivity index (χ1v) is 10.3. The molecule has 2 aromatic carbocycles. The third-order valence-electron chi connectivity index (χ3n) is 3.74. The lowest BCUT2D eigenvalue weighted by Gasteiger charge is -2.22. The maximum atomic E-state index is 13.1. The lowest BCUT2D eigenvalue weighted by Crippen LogP contribution is -2.42. The van der Waals surface area contributed by atoms with Crippen LogP contribution in [0.4, 0.5) is 0 Å². The first-order chi connectivity index (χ1) is 12.8. The highest BCUT2D eigenvalue weighted by Crippen LogP contribution is 2.21. The van der Waals surface area contributed by atoms with Crippen molar-refractivity contribution in [3.63, 3.8) is 0 Å². The molecule has 2 rings (SSSR count). The number of nitrogens with zero attached hydrogens (tertiary/aromatic N) is 1. The molecule has 1 amide bonds. The quantitative estimate of drug-likeness (QED) is 0.714. The molecule has 0 unspecified atom stereocenters. The lowest BCUT2D eigenvalue weighted by molar-refractivity contribution is -0.121. The van der Waals surface area contributed by atoms with Crippen LogP contribution in [0, 0.1) is 0 Å². The first kappa shape index (κ1) is 20.9. The van der Waals surface area contributed by atoms with Crippen LogP contribution >= 0.6 is 0 Å². The van der Waals surface area contributed by atoms with E-state index >= 15 is 0 Å². The number of sulfonamides is 1. The number of ether oxygens (including phenoxy) is 1. The van der Waals surface area contributed by atoms with E-state index in [1.54, 1.807) is 12.1 Å².